The van der Waals surface area contributed by atoms with E-state index < -0.39 is 0 Å². The molecule has 0 unspecified atom stereocenters. The second-order valence-electron chi connectivity index (χ2n) is 5.10. The van der Waals surface area contributed by atoms with Crippen molar-refractivity contribution in [3.05, 3.63) is 84.4 Å². The summed E-state index contributed by atoms with van der Waals surface area (Å²) in [4.78, 5) is 12.4. The van der Waals surface area contributed by atoms with Crippen LogP contribution in [0.1, 0.15) is 10.4 Å². The van der Waals surface area contributed by atoms with E-state index in [1.165, 1.54) is 0 Å². The van der Waals surface area contributed by atoms with Gasteiger partial charge in [-0.05, 0) is 42.5 Å². The lowest BCUT2D eigenvalue weighted by Gasteiger charge is -2.12. The minimum Gasteiger partial charge on any atom is -0.493 e. The molecule has 0 spiro atoms. The first-order valence-electron chi connectivity index (χ1n) is 7.53. The number of hydrogen-bond donors (Lipinski definition) is 1. The Bertz CT molecular complexity index is 817. The number of carbonyl (C=O) groups excluding carboxylic acids is 1. The average Bonchev–Trinajstić information content (AvgIpc) is 2.63. The third-order valence-corrected chi connectivity index (χ3v) is 3.43. The van der Waals surface area contributed by atoms with Gasteiger partial charge < -0.3 is 14.8 Å². The molecule has 3 rings (SSSR count). The van der Waals surface area contributed by atoms with Gasteiger partial charge in [-0.1, -0.05) is 36.4 Å². The fourth-order valence-corrected chi connectivity index (χ4v) is 2.24. The van der Waals surface area contributed by atoms with Crippen molar-refractivity contribution in [1.29, 1.82) is 0 Å². The number of benzene rings is 3. The van der Waals surface area contributed by atoms with E-state index in [-0.39, 0.29) is 5.91 Å². The number of ether oxygens (including phenoxy) is 2. The lowest BCUT2D eigenvalue weighted by atomic mass is 10.1. The molecule has 0 atom stereocenters. The van der Waals surface area contributed by atoms with Gasteiger partial charge in [-0.15, -0.1) is 0 Å². The van der Waals surface area contributed by atoms with Crippen LogP contribution >= 0.6 is 0 Å². The number of amides is 1. The van der Waals surface area contributed by atoms with Gasteiger partial charge in [-0.2, -0.15) is 0 Å². The zero-order valence-electron chi connectivity index (χ0n) is 13.2. The monoisotopic (exact) mass is 319 g/mol. The van der Waals surface area contributed by atoms with Gasteiger partial charge in [0.05, 0.1) is 7.11 Å². The minimum atomic E-state index is -0.207. The van der Waals surface area contributed by atoms with Crippen LogP contribution in [0.15, 0.2) is 78.9 Å². The molecule has 0 aromatic heterocycles. The standard InChI is InChI=1S/C20H17NO3/c1-23-18-13-12-15(20(22)21-16-8-4-2-5-9-16)14-19(18)24-17-10-6-3-7-11-17/h2-14H,1H3,(H,21,22). The van der Waals surface area contributed by atoms with Gasteiger partial charge in [-0.3, -0.25) is 4.79 Å². The Balaban J connectivity index is 1.84. The summed E-state index contributed by atoms with van der Waals surface area (Å²) >= 11 is 0. The van der Waals surface area contributed by atoms with E-state index in [4.69, 9.17) is 9.47 Å². The maximum Gasteiger partial charge on any atom is 0.255 e. The second kappa shape index (κ2) is 7.33. The molecule has 3 aromatic carbocycles. The highest BCUT2D eigenvalue weighted by atomic mass is 16.5. The van der Waals surface area contributed by atoms with Crippen LogP contribution in [0.25, 0.3) is 0 Å². The first-order valence-corrected chi connectivity index (χ1v) is 7.53. The molecule has 0 aliphatic heterocycles. The smallest absolute Gasteiger partial charge is 0.255 e. The van der Waals surface area contributed by atoms with Gasteiger partial charge in [0.25, 0.3) is 5.91 Å². The fraction of sp³-hybridized carbons (Fsp3) is 0.0500. The third kappa shape index (κ3) is 3.73. The molecule has 4 heteroatoms. The summed E-state index contributed by atoms with van der Waals surface area (Å²) in [5.74, 6) is 1.53. The van der Waals surface area contributed by atoms with Gasteiger partial charge in [-0.25, -0.2) is 0 Å². The number of hydrogen-bond acceptors (Lipinski definition) is 3. The molecule has 0 radical (unpaired) electrons. The zero-order valence-corrected chi connectivity index (χ0v) is 13.2. The summed E-state index contributed by atoms with van der Waals surface area (Å²) in [6.45, 7) is 0. The molecule has 0 aliphatic rings. The van der Waals surface area contributed by atoms with Crippen LogP contribution in [0.2, 0.25) is 0 Å². The Kier molecular flexibility index (Phi) is 4.77. The molecule has 0 aliphatic carbocycles. The Morgan fingerprint density at radius 2 is 1.50 bits per heavy atom. The molecule has 3 aromatic rings. The summed E-state index contributed by atoms with van der Waals surface area (Å²) in [6, 6.07) is 23.8. The molecular formula is C20H17NO3. The third-order valence-electron chi connectivity index (χ3n) is 3.43. The van der Waals surface area contributed by atoms with E-state index in [1.807, 2.05) is 60.7 Å². The van der Waals surface area contributed by atoms with Crippen LogP contribution in [-0.2, 0) is 0 Å². The first kappa shape index (κ1) is 15.6. The summed E-state index contributed by atoms with van der Waals surface area (Å²) in [5, 5.41) is 2.85. The SMILES string of the molecule is COc1ccc(C(=O)Nc2ccccc2)cc1Oc1ccccc1. The zero-order chi connectivity index (χ0) is 16.8. The molecule has 0 saturated heterocycles. The van der Waals surface area contributed by atoms with Crippen LogP contribution in [0.5, 0.6) is 17.2 Å². The highest BCUT2D eigenvalue weighted by Gasteiger charge is 2.12. The van der Waals surface area contributed by atoms with Crippen LogP contribution in [0, 0.1) is 0 Å². The number of methoxy groups -OCH3 is 1. The summed E-state index contributed by atoms with van der Waals surface area (Å²) in [7, 11) is 1.57. The molecule has 1 amide bonds. The molecule has 0 heterocycles. The summed E-state index contributed by atoms with van der Waals surface area (Å²) < 4.78 is 11.2. The van der Waals surface area contributed by atoms with E-state index >= 15 is 0 Å². The normalized spacial score (nSPS) is 10.0. The van der Waals surface area contributed by atoms with Gasteiger partial charge in [0.2, 0.25) is 0 Å². The summed E-state index contributed by atoms with van der Waals surface area (Å²) in [5.41, 5.74) is 1.23. The molecule has 4 nitrogen and oxygen atoms in total. The molecule has 1 N–H and O–H groups in total. The van der Waals surface area contributed by atoms with Crippen LogP contribution < -0.4 is 14.8 Å². The summed E-state index contributed by atoms with van der Waals surface area (Å²) in [6.07, 6.45) is 0. The van der Waals surface area contributed by atoms with Crippen molar-refractivity contribution in [1.82, 2.24) is 0 Å². The topological polar surface area (TPSA) is 47.6 Å². The maximum atomic E-state index is 12.4. The van der Waals surface area contributed by atoms with Gasteiger partial charge in [0.15, 0.2) is 11.5 Å². The number of nitrogens with one attached hydrogen (secondary N) is 1. The van der Waals surface area contributed by atoms with E-state index in [1.54, 1.807) is 25.3 Å². The minimum absolute atomic E-state index is 0.207. The van der Waals surface area contributed by atoms with Gasteiger partial charge >= 0.3 is 0 Å². The molecular weight excluding hydrogens is 302 g/mol. The van der Waals surface area contributed by atoms with E-state index in [2.05, 4.69) is 5.32 Å². The quantitative estimate of drug-likeness (QED) is 0.739. The van der Waals surface area contributed by atoms with Crippen molar-refractivity contribution in [2.24, 2.45) is 0 Å². The fourth-order valence-electron chi connectivity index (χ4n) is 2.24. The van der Waals surface area contributed by atoms with E-state index in [0.717, 1.165) is 5.69 Å². The molecule has 0 bridgehead atoms. The maximum absolute atomic E-state index is 12.4. The highest BCUT2D eigenvalue weighted by Crippen LogP contribution is 2.32. The number of carbonyl (C=O) groups is 1. The predicted octanol–water partition coefficient (Wildman–Crippen LogP) is 4.74. The predicted molar refractivity (Wildman–Crippen MR) is 93.9 cm³/mol. The Morgan fingerprint density at radius 1 is 0.833 bits per heavy atom. The van der Waals surface area contributed by atoms with Crippen LogP contribution in [-0.4, -0.2) is 13.0 Å². The van der Waals surface area contributed by atoms with E-state index in [9.17, 15) is 4.79 Å². The Morgan fingerprint density at radius 3 is 2.17 bits per heavy atom. The highest BCUT2D eigenvalue weighted by molar-refractivity contribution is 6.04. The van der Waals surface area contributed by atoms with Crippen molar-refractivity contribution < 1.29 is 14.3 Å². The molecule has 120 valence electrons. The van der Waals surface area contributed by atoms with Gasteiger partial charge in [0, 0.05) is 11.3 Å². The number of anilines is 1. The van der Waals surface area contributed by atoms with Crippen molar-refractivity contribution in [2.45, 2.75) is 0 Å². The van der Waals surface area contributed by atoms with Gasteiger partial charge in [0.1, 0.15) is 5.75 Å². The largest absolute Gasteiger partial charge is 0.493 e. The molecule has 0 fully saturated rings. The Hall–Kier alpha value is -3.27. The Labute approximate surface area is 140 Å². The van der Waals surface area contributed by atoms with Crippen molar-refractivity contribution in [3.63, 3.8) is 0 Å². The average molecular weight is 319 g/mol. The number of para-hydroxylation sites is 2. The lowest BCUT2D eigenvalue weighted by Crippen LogP contribution is -2.11. The van der Waals surface area contributed by atoms with Crippen LogP contribution in [0.4, 0.5) is 5.69 Å². The molecule has 24 heavy (non-hydrogen) atoms. The van der Waals surface area contributed by atoms with Crippen molar-refractivity contribution in [3.8, 4) is 17.2 Å². The second-order valence-corrected chi connectivity index (χ2v) is 5.10. The first-order chi connectivity index (χ1) is 11.8. The van der Waals surface area contributed by atoms with Crippen LogP contribution in [0.3, 0.4) is 0 Å². The lowest BCUT2D eigenvalue weighted by molar-refractivity contribution is 0.102. The molecule has 0 saturated carbocycles. The van der Waals surface area contributed by atoms with Crippen molar-refractivity contribution in [2.75, 3.05) is 12.4 Å². The number of rotatable bonds is 5. The van der Waals surface area contributed by atoms with Crippen molar-refractivity contribution >= 4 is 11.6 Å². The van der Waals surface area contributed by atoms with E-state index in [0.29, 0.717) is 22.8 Å².